The standard InChI is InChI=1S/C19H32N2/c1-4-8-17-11-13-21(14-12-17)16-19(2,15-20-3)18-9-6-5-7-10-18/h5-7,9-10,17,20H,4,8,11-16H2,1-3H3. The second kappa shape index (κ2) is 7.95. The average Bonchev–Trinajstić information content (AvgIpc) is 2.51. The molecule has 1 N–H and O–H groups in total. The van der Waals surface area contributed by atoms with Gasteiger partial charge in [-0.1, -0.05) is 57.0 Å². The van der Waals surface area contributed by atoms with Crippen LogP contribution in [0.2, 0.25) is 0 Å². The van der Waals surface area contributed by atoms with Crippen LogP contribution in [0.4, 0.5) is 0 Å². The van der Waals surface area contributed by atoms with Gasteiger partial charge in [-0.2, -0.15) is 0 Å². The summed E-state index contributed by atoms with van der Waals surface area (Å²) in [6.45, 7) is 9.46. The minimum atomic E-state index is 0.202. The molecule has 0 spiro atoms. The highest BCUT2D eigenvalue weighted by atomic mass is 15.1. The van der Waals surface area contributed by atoms with E-state index in [2.05, 4.69) is 61.4 Å². The molecule has 2 rings (SSSR count). The fraction of sp³-hybridized carbons (Fsp3) is 0.684. The van der Waals surface area contributed by atoms with Crippen LogP contribution in [-0.4, -0.2) is 38.1 Å². The molecule has 1 saturated heterocycles. The third kappa shape index (κ3) is 4.55. The van der Waals surface area contributed by atoms with E-state index in [1.54, 1.807) is 0 Å². The quantitative estimate of drug-likeness (QED) is 0.823. The number of benzene rings is 1. The molecule has 0 amide bonds. The average molecular weight is 288 g/mol. The Kier molecular flexibility index (Phi) is 6.25. The van der Waals surface area contributed by atoms with Crippen LogP contribution in [0, 0.1) is 5.92 Å². The van der Waals surface area contributed by atoms with E-state index in [0.717, 1.165) is 19.0 Å². The van der Waals surface area contributed by atoms with Gasteiger partial charge in [-0.05, 0) is 44.5 Å². The van der Waals surface area contributed by atoms with Crippen LogP contribution in [0.15, 0.2) is 30.3 Å². The Morgan fingerprint density at radius 2 is 1.86 bits per heavy atom. The first kappa shape index (κ1) is 16.5. The van der Waals surface area contributed by atoms with Crippen LogP contribution in [0.3, 0.4) is 0 Å². The first-order valence-electron chi connectivity index (χ1n) is 8.60. The van der Waals surface area contributed by atoms with Crippen LogP contribution in [0.5, 0.6) is 0 Å². The zero-order valence-corrected chi connectivity index (χ0v) is 14.1. The SMILES string of the molecule is CCCC1CCN(CC(C)(CNC)c2ccccc2)CC1. The largest absolute Gasteiger partial charge is 0.319 e. The molecule has 0 aromatic heterocycles. The van der Waals surface area contributed by atoms with Crippen molar-refractivity contribution in [1.29, 1.82) is 0 Å². The maximum absolute atomic E-state index is 3.40. The summed E-state index contributed by atoms with van der Waals surface area (Å²) in [6, 6.07) is 11.0. The molecule has 2 nitrogen and oxygen atoms in total. The molecule has 1 unspecified atom stereocenters. The number of hydrogen-bond donors (Lipinski definition) is 1. The van der Waals surface area contributed by atoms with Crippen molar-refractivity contribution < 1.29 is 0 Å². The molecule has 1 fully saturated rings. The lowest BCUT2D eigenvalue weighted by Crippen LogP contribution is -2.47. The van der Waals surface area contributed by atoms with Crippen molar-refractivity contribution in [3.8, 4) is 0 Å². The topological polar surface area (TPSA) is 15.3 Å². The normalized spacial score (nSPS) is 20.3. The van der Waals surface area contributed by atoms with Crippen LogP contribution >= 0.6 is 0 Å². The van der Waals surface area contributed by atoms with Gasteiger partial charge in [0.25, 0.3) is 0 Å². The van der Waals surface area contributed by atoms with Gasteiger partial charge in [0, 0.05) is 18.5 Å². The van der Waals surface area contributed by atoms with Gasteiger partial charge in [0.1, 0.15) is 0 Å². The summed E-state index contributed by atoms with van der Waals surface area (Å²) in [4.78, 5) is 2.68. The molecule has 21 heavy (non-hydrogen) atoms. The molecular weight excluding hydrogens is 256 g/mol. The Balaban J connectivity index is 1.98. The zero-order valence-electron chi connectivity index (χ0n) is 14.1. The molecule has 0 saturated carbocycles. The lowest BCUT2D eigenvalue weighted by atomic mass is 9.81. The van der Waals surface area contributed by atoms with Crippen LogP contribution in [0.25, 0.3) is 0 Å². The Morgan fingerprint density at radius 3 is 2.43 bits per heavy atom. The predicted octanol–water partition coefficient (Wildman–Crippen LogP) is 3.68. The van der Waals surface area contributed by atoms with Gasteiger partial charge in [-0.15, -0.1) is 0 Å². The maximum Gasteiger partial charge on any atom is 0.0176 e. The highest BCUT2D eigenvalue weighted by molar-refractivity contribution is 5.25. The molecule has 2 heteroatoms. The fourth-order valence-corrected chi connectivity index (χ4v) is 3.81. The van der Waals surface area contributed by atoms with Gasteiger partial charge >= 0.3 is 0 Å². The lowest BCUT2D eigenvalue weighted by Gasteiger charge is -2.39. The Labute approximate surface area is 130 Å². The highest BCUT2D eigenvalue weighted by Crippen LogP contribution is 2.28. The second-order valence-corrected chi connectivity index (χ2v) is 6.97. The van der Waals surface area contributed by atoms with E-state index in [1.165, 1.54) is 44.3 Å². The number of nitrogens with zero attached hydrogens (tertiary/aromatic N) is 1. The fourth-order valence-electron chi connectivity index (χ4n) is 3.81. The smallest absolute Gasteiger partial charge is 0.0176 e. The van der Waals surface area contributed by atoms with E-state index in [4.69, 9.17) is 0 Å². The van der Waals surface area contributed by atoms with Crippen LogP contribution in [-0.2, 0) is 5.41 Å². The van der Waals surface area contributed by atoms with Gasteiger partial charge in [-0.3, -0.25) is 0 Å². The number of rotatable bonds is 7. The molecule has 0 bridgehead atoms. The summed E-state index contributed by atoms with van der Waals surface area (Å²) in [6.07, 6.45) is 5.53. The summed E-state index contributed by atoms with van der Waals surface area (Å²) in [5.41, 5.74) is 1.66. The van der Waals surface area contributed by atoms with Crippen molar-refractivity contribution in [3.05, 3.63) is 35.9 Å². The number of piperidine rings is 1. The van der Waals surface area contributed by atoms with Gasteiger partial charge in [0.2, 0.25) is 0 Å². The van der Waals surface area contributed by atoms with Crippen molar-refractivity contribution in [2.24, 2.45) is 5.92 Å². The number of likely N-dealkylation sites (N-methyl/N-ethyl adjacent to an activating group) is 1. The summed E-state index contributed by atoms with van der Waals surface area (Å²) >= 11 is 0. The zero-order chi connectivity index (χ0) is 15.1. The molecule has 1 aromatic carbocycles. The molecule has 1 aromatic rings. The Bertz CT molecular complexity index is 395. The summed E-state index contributed by atoms with van der Waals surface area (Å²) in [5, 5.41) is 3.40. The minimum Gasteiger partial charge on any atom is -0.319 e. The van der Waals surface area contributed by atoms with Gasteiger partial charge < -0.3 is 10.2 Å². The first-order chi connectivity index (χ1) is 10.2. The molecule has 1 atom stereocenters. The van der Waals surface area contributed by atoms with E-state index in [0.29, 0.717) is 0 Å². The third-order valence-electron chi connectivity index (χ3n) is 5.01. The Hall–Kier alpha value is -0.860. The highest BCUT2D eigenvalue weighted by Gasteiger charge is 2.30. The first-order valence-corrected chi connectivity index (χ1v) is 8.60. The van der Waals surface area contributed by atoms with E-state index in [9.17, 15) is 0 Å². The molecule has 1 heterocycles. The molecule has 1 aliphatic rings. The summed E-state index contributed by atoms with van der Waals surface area (Å²) in [7, 11) is 2.06. The van der Waals surface area contributed by atoms with Crippen LogP contribution < -0.4 is 5.32 Å². The van der Waals surface area contributed by atoms with E-state index >= 15 is 0 Å². The summed E-state index contributed by atoms with van der Waals surface area (Å²) < 4.78 is 0. The van der Waals surface area contributed by atoms with Gasteiger partial charge in [0.15, 0.2) is 0 Å². The molecule has 0 aliphatic carbocycles. The lowest BCUT2D eigenvalue weighted by molar-refractivity contribution is 0.146. The van der Waals surface area contributed by atoms with Crippen molar-refractivity contribution in [2.45, 2.75) is 44.9 Å². The maximum atomic E-state index is 3.40. The van der Waals surface area contributed by atoms with Crippen molar-refractivity contribution in [1.82, 2.24) is 10.2 Å². The molecule has 1 aliphatic heterocycles. The summed E-state index contributed by atoms with van der Waals surface area (Å²) in [5.74, 6) is 0.971. The number of hydrogen-bond acceptors (Lipinski definition) is 2. The molecule has 118 valence electrons. The number of nitrogens with one attached hydrogen (secondary N) is 1. The number of likely N-dealkylation sites (tertiary alicyclic amines) is 1. The Morgan fingerprint density at radius 1 is 1.19 bits per heavy atom. The molecule has 0 radical (unpaired) electrons. The second-order valence-electron chi connectivity index (χ2n) is 6.97. The van der Waals surface area contributed by atoms with E-state index in [-0.39, 0.29) is 5.41 Å². The monoisotopic (exact) mass is 288 g/mol. The third-order valence-corrected chi connectivity index (χ3v) is 5.01. The van der Waals surface area contributed by atoms with Gasteiger partial charge in [-0.25, -0.2) is 0 Å². The van der Waals surface area contributed by atoms with Crippen molar-refractivity contribution >= 4 is 0 Å². The van der Waals surface area contributed by atoms with Crippen LogP contribution in [0.1, 0.15) is 45.1 Å². The van der Waals surface area contributed by atoms with E-state index < -0.39 is 0 Å². The predicted molar refractivity (Wildman–Crippen MR) is 91.8 cm³/mol. The van der Waals surface area contributed by atoms with Crippen molar-refractivity contribution in [3.63, 3.8) is 0 Å². The van der Waals surface area contributed by atoms with E-state index in [1.807, 2.05) is 0 Å². The molecular formula is C19H32N2. The van der Waals surface area contributed by atoms with Crippen molar-refractivity contribution in [2.75, 3.05) is 33.2 Å². The van der Waals surface area contributed by atoms with Gasteiger partial charge in [0.05, 0.1) is 0 Å². The minimum absolute atomic E-state index is 0.202.